The van der Waals surface area contributed by atoms with Crippen LogP contribution in [0.2, 0.25) is 0 Å². The Morgan fingerprint density at radius 3 is 2.05 bits per heavy atom. The average molecular weight is 398 g/mol. The highest BCUT2D eigenvalue weighted by atomic mass is 32.3. The molecular weight excluding hydrogens is 387 g/mol. The Hall–Kier alpha value is -0.830. The molecule has 0 aliphatic rings. The lowest BCUT2D eigenvalue weighted by atomic mass is 10.9. The Bertz CT molecular complexity index is 921. The van der Waals surface area contributed by atoms with Gasteiger partial charge in [-0.1, -0.05) is 0 Å². The molecule has 0 fully saturated rings. The molecule has 1 unspecified atom stereocenters. The standard InChI is InChI=1S/C6H11N2O10PS3/c1-20(12,13)5-7-3-4-8(5)6(21(2,14)15)22(16,17)18-19(9,10)11/h3-4,6H,1-2H3,(H2,9,10,11). The Morgan fingerprint density at radius 2 is 1.68 bits per heavy atom. The smallest absolute Gasteiger partial charge is 0.302 e. The summed E-state index contributed by atoms with van der Waals surface area (Å²) >= 11 is 0. The predicted molar refractivity (Wildman–Crippen MR) is 71.3 cm³/mol. The summed E-state index contributed by atoms with van der Waals surface area (Å²) in [5, 5.41) is -0.930. The Morgan fingerprint density at radius 1 is 1.18 bits per heavy atom. The van der Waals surface area contributed by atoms with Gasteiger partial charge in [-0.25, -0.2) is 26.4 Å². The zero-order valence-electron chi connectivity index (χ0n) is 11.0. The Kier molecular flexibility index (Phi) is 4.95. The van der Waals surface area contributed by atoms with Crippen LogP contribution in [0.1, 0.15) is 4.71 Å². The molecule has 1 aromatic heterocycles. The first-order chi connectivity index (χ1) is 9.56. The molecule has 1 atom stereocenters. The molecule has 1 aromatic rings. The molecule has 0 amide bonds. The number of imidazole rings is 1. The molecule has 12 nitrogen and oxygen atoms in total. The fourth-order valence-electron chi connectivity index (χ4n) is 1.48. The first-order valence-corrected chi connectivity index (χ1v) is 11.8. The van der Waals surface area contributed by atoms with Crippen molar-refractivity contribution in [3.05, 3.63) is 12.4 Å². The van der Waals surface area contributed by atoms with E-state index in [9.17, 15) is 29.8 Å². The summed E-state index contributed by atoms with van der Waals surface area (Å²) in [4.78, 5) is 20.5. The quantitative estimate of drug-likeness (QED) is 0.516. The third-order valence-corrected chi connectivity index (χ3v) is 8.03. The van der Waals surface area contributed by atoms with E-state index in [-0.39, 0.29) is 4.57 Å². The van der Waals surface area contributed by atoms with Gasteiger partial charge in [0.05, 0.1) is 0 Å². The molecular formula is C6H11N2O10PS3. The van der Waals surface area contributed by atoms with Crippen LogP contribution < -0.4 is 0 Å². The lowest BCUT2D eigenvalue weighted by Gasteiger charge is -2.18. The fraction of sp³-hybridized carbons (Fsp3) is 0.500. The zero-order chi connectivity index (χ0) is 17.6. The van der Waals surface area contributed by atoms with Crippen molar-refractivity contribution in [1.82, 2.24) is 9.55 Å². The third kappa shape index (κ3) is 4.58. The number of rotatable bonds is 6. The normalized spacial score (nSPS) is 15.6. The number of hydrogen-bond acceptors (Lipinski definition) is 9. The molecule has 0 radical (unpaired) electrons. The predicted octanol–water partition coefficient (Wildman–Crippen LogP) is -1.77. The minimum atomic E-state index is -5.60. The number of aromatic nitrogens is 2. The number of nitrogens with zero attached hydrogens (tertiary/aromatic N) is 2. The second kappa shape index (κ2) is 5.67. The zero-order valence-corrected chi connectivity index (χ0v) is 14.3. The number of hydrogen-bond donors (Lipinski definition) is 2. The molecule has 1 heterocycles. The highest BCUT2D eigenvalue weighted by Gasteiger charge is 2.43. The van der Waals surface area contributed by atoms with Gasteiger partial charge >= 0.3 is 17.9 Å². The van der Waals surface area contributed by atoms with Crippen molar-refractivity contribution in [3.63, 3.8) is 0 Å². The van der Waals surface area contributed by atoms with Gasteiger partial charge in [0.1, 0.15) is 0 Å². The summed E-state index contributed by atoms with van der Waals surface area (Å²) in [6.45, 7) is 0. The molecule has 0 aromatic carbocycles. The van der Waals surface area contributed by atoms with Gasteiger partial charge in [0.2, 0.25) is 15.0 Å². The van der Waals surface area contributed by atoms with Crippen LogP contribution in [0.15, 0.2) is 17.6 Å². The average Bonchev–Trinajstić information content (AvgIpc) is 2.57. The van der Waals surface area contributed by atoms with Gasteiger partial charge in [0.15, 0.2) is 9.84 Å². The van der Waals surface area contributed by atoms with Crippen LogP contribution in [-0.4, -0.2) is 57.1 Å². The van der Waals surface area contributed by atoms with E-state index in [1.165, 1.54) is 0 Å². The minimum Gasteiger partial charge on any atom is -0.302 e. The van der Waals surface area contributed by atoms with Crippen molar-refractivity contribution in [2.24, 2.45) is 0 Å². The van der Waals surface area contributed by atoms with Crippen LogP contribution in [0.25, 0.3) is 0 Å². The van der Waals surface area contributed by atoms with Crippen molar-refractivity contribution in [2.75, 3.05) is 12.5 Å². The van der Waals surface area contributed by atoms with Crippen molar-refractivity contribution in [1.29, 1.82) is 0 Å². The van der Waals surface area contributed by atoms with E-state index in [2.05, 4.69) is 8.95 Å². The Balaban J connectivity index is 3.67. The summed E-state index contributed by atoms with van der Waals surface area (Å²) in [5.74, 6) is 0. The maximum absolute atomic E-state index is 11.8. The molecule has 2 N–H and O–H groups in total. The fourth-order valence-corrected chi connectivity index (χ4v) is 6.85. The van der Waals surface area contributed by atoms with Gasteiger partial charge in [-0.2, -0.15) is 12.4 Å². The van der Waals surface area contributed by atoms with Crippen molar-refractivity contribution >= 4 is 37.6 Å². The van der Waals surface area contributed by atoms with E-state index in [1.54, 1.807) is 0 Å². The second-order valence-electron chi connectivity index (χ2n) is 4.08. The van der Waals surface area contributed by atoms with E-state index < -0.39 is 47.5 Å². The van der Waals surface area contributed by atoms with Crippen molar-refractivity contribution < 1.29 is 43.6 Å². The first kappa shape index (κ1) is 19.2. The molecule has 16 heteroatoms. The maximum atomic E-state index is 11.8. The van der Waals surface area contributed by atoms with Gasteiger partial charge in [0.25, 0.3) is 4.71 Å². The summed E-state index contributed by atoms with van der Waals surface area (Å²) < 4.78 is 81.7. The molecule has 0 saturated heterocycles. The molecule has 22 heavy (non-hydrogen) atoms. The first-order valence-electron chi connectivity index (χ1n) is 4.98. The maximum Gasteiger partial charge on any atom is 0.484 e. The molecule has 1 rings (SSSR count). The van der Waals surface area contributed by atoms with E-state index >= 15 is 0 Å². The molecule has 0 bridgehead atoms. The largest absolute Gasteiger partial charge is 0.484 e. The van der Waals surface area contributed by atoms with Gasteiger partial charge < -0.3 is 9.79 Å². The molecule has 0 spiro atoms. The van der Waals surface area contributed by atoms with Gasteiger partial charge in [-0.05, 0) is 0 Å². The minimum absolute atomic E-state index is 0.218. The topological polar surface area (TPSA) is 187 Å². The van der Waals surface area contributed by atoms with E-state index in [0.717, 1.165) is 6.20 Å². The summed E-state index contributed by atoms with van der Waals surface area (Å²) in [5.41, 5.74) is 0. The SMILES string of the molecule is CS(=O)(=O)c1nccn1C(S(C)(=O)=O)S(=O)(=O)OP(=O)(O)O. The highest BCUT2D eigenvalue weighted by Crippen LogP contribution is 2.42. The van der Waals surface area contributed by atoms with E-state index in [1.807, 2.05) is 0 Å². The van der Waals surface area contributed by atoms with Crippen molar-refractivity contribution in [3.8, 4) is 0 Å². The van der Waals surface area contributed by atoms with Crippen LogP contribution in [0.5, 0.6) is 0 Å². The van der Waals surface area contributed by atoms with Crippen LogP contribution >= 0.6 is 7.82 Å². The number of sulfone groups is 2. The molecule has 0 aliphatic heterocycles. The monoisotopic (exact) mass is 398 g/mol. The van der Waals surface area contributed by atoms with Gasteiger partial charge in [0, 0.05) is 24.9 Å². The van der Waals surface area contributed by atoms with E-state index in [0.29, 0.717) is 18.7 Å². The second-order valence-corrected chi connectivity index (χ2v) is 11.4. The van der Waals surface area contributed by atoms with Crippen LogP contribution in [0, 0.1) is 0 Å². The summed E-state index contributed by atoms with van der Waals surface area (Å²) in [6, 6.07) is 0. The van der Waals surface area contributed by atoms with Crippen LogP contribution in [0.4, 0.5) is 0 Å². The highest BCUT2D eigenvalue weighted by molar-refractivity contribution is 8.06. The summed E-state index contributed by atoms with van der Waals surface area (Å²) in [7, 11) is -19.8. The number of phosphoric acid groups is 1. The molecule has 128 valence electrons. The lowest BCUT2D eigenvalue weighted by Crippen LogP contribution is -2.30. The Labute approximate surface area is 126 Å². The third-order valence-electron chi connectivity index (χ3n) is 2.01. The van der Waals surface area contributed by atoms with Gasteiger partial charge in [-0.15, -0.1) is 0 Å². The van der Waals surface area contributed by atoms with E-state index in [4.69, 9.17) is 9.79 Å². The van der Waals surface area contributed by atoms with Crippen LogP contribution in [-0.2, 0) is 38.3 Å². The van der Waals surface area contributed by atoms with Gasteiger partial charge in [-0.3, -0.25) is 4.57 Å². The molecule has 0 aliphatic carbocycles. The van der Waals surface area contributed by atoms with Crippen molar-refractivity contribution in [2.45, 2.75) is 9.86 Å². The van der Waals surface area contributed by atoms with Crippen LogP contribution in [0.3, 0.4) is 0 Å². The lowest BCUT2D eigenvalue weighted by molar-refractivity contribution is 0.283. The molecule has 0 saturated carbocycles. The summed E-state index contributed by atoms with van der Waals surface area (Å²) in [6.07, 6.45) is 2.58.